The van der Waals surface area contributed by atoms with Crippen LogP contribution in [0.2, 0.25) is 0 Å². The third-order valence-corrected chi connectivity index (χ3v) is 5.92. The van der Waals surface area contributed by atoms with Crippen molar-refractivity contribution < 1.29 is 13.9 Å². The van der Waals surface area contributed by atoms with E-state index in [1.54, 1.807) is 19.4 Å². The Kier molecular flexibility index (Phi) is 7.80. The predicted molar refractivity (Wildman–Crippen MR) is 137 cm³/mol. The molecule has 0 aliphatic heterocycles. The summed E-state index contributed by atoms with van der Waals surface area (Å²) in [5.74, 6) is 0.549. The molecule has 0 saturated heterocycles. The summed E-state index contributed by atoms with van der Waals surface area (Å²) in [6.07, 6.45) is 12.4. The highest BCUT2D eigenvalue weighted by Crippen LogP contribution is 2.33. The van der Waals surface area contributed by atoms with Crippen LogP contribution in [-0.4, -0.2) is 32.8 Å². The summed E-state index contributed by atoms with van der Waals surface area (Å²) >= 11 is 0. The van der Waals surface area contributed by atoms with Gasteiger partial charge in [-0.25, -0.2) is 4.98 Å². The van der Waals surface area contributed by atoms with Crippen LogP contribution in [0, 0.1) is 6.92 Å². The van der Waals surface area contributed by atoms with Gasteiger partial charge in [0.25, 0.3) is 5.91 Å². The number of carbonyl (C=O) groups is 1. The molecule has 1 aromatic carbocycles. The highest BCUT2D eigenvalue weighted by atomic mass is 16.5. The lowest BCUT2D eigenvalue weighted by Crippen LogP contribution is -2.13. The Balaban J connectivity index is 0.000000917. The summed E-state index contributed by atoms with van der Waals surface area (Å²) in [6, 6.07) is 7.84. The minimum absolute atomic E-state index is 0.189. The van der Waals surface area contributed by atoms with Crippen molar-refractivity contribution in [3.8, 4) is 17.2 Å². The number of pyridine rings is 1. The van der Waals surface area contributed by atoms with Crippen molar-refractivity contribution in [3.05, 3.63) is 54.3 Å². The first-order valence-corrected chi connectivity index (χ1v) is 12.3. The lowest BCUT2D eigenvalue weighted by atomic mass is 9.96. The number of ether oxygens (including phenoxy) is 1. The van der Waals surface area contributed by atoms with Crippen LogP contribution in [0.4, 0.5) is 5.69 Å². The molecule has 1 saturated carbocycles. The third kappa shape index (κ3) is 5.70. The van der Waals surface area contributed by atoms with Crippen LogP contribution < -0.4 is 10.1 Å². The van der Waals surface area contributed by atoms with Crippen molar-refractivity contribution in [2.24, 2.45) is 0 Å². The van der Waals surface area contributed by atoms with Crippen LogP contribution in [-0.2, 0) is 0 Å². The van der Waals surface area contributed by atoms with Gasteiger partial charge in [-0.3, -0.25) is 14.5 Å². The van der Waals surface area contributed by atoms with Gasteiger partial charge in [0.1, 0.15) is 12.0 Å². The van der Waals surface area contributed by atoms with E-state index in [1.807, 2.05) is 25.1 Å². The van der Waals surface area contributed by atoms with Gasteiger partial charge >= 0.3 is 0 Å². The van der Waals surface area contributed by atoms with Crippen LogP contribution in [0.25, 0.3) is 22.4 Å². The van der Waals surface area contributed by atoms with Gasteiger partial charge in [-0.05, 0) is 38.0 Å². The van der Waals surface area contributed by atoms with E-state index >= 15 is 0 Å². The maximum atomic E-state index is 12.9. The molecule has 1 amide bonds. The molecule has 0 bridgehead atoms. The second-order valence-corrected chi connectivity index (χ2v) is 8.90. The molecule has 0 unspecified atom stereocenters. The number of hydrogen-bond donors (Lipinski definition) is 1. The lowest BCUT2D eigenvalue weighted by molar-refractivity contribution is 0.102. The van der Waals surface area contributed by atoms with Crippen molar-refractivity contribution in [2.75, 3.05) is 12.4 Å². The molecular formula is C27H33N5O3. The summed E-state index contributed by atoms with van der Waals surface area (Å²) in [7, 11) is 1.58. The molecular weight excluding hydrogens is 442 g/mol. The van der Waals surface area contributed by atoms with Crippen molar-refractivity contribution in [3.63, 3.8) is 0 Å². The van der Waals surface area contributed by atoms with Crippen molar-refractivity contribution in [2.45, 2.75) is 65.3 Å². The number of carbonyl (C=O) groups excluding carboxylic acids is 1. The Morgan fingerprint density at radius 3 is 2.69 bits per heavy atom. The standard InChI is InChI=1S/C24H25N5O3.C3H8/c1-15-10-16(8-9-25-15)24-27-21(14-32-24)23(30)26-20-11-17-13-29(18-6-4-3-5-7-18)28-19(17)12-22(20)31-2;1-3-2/h8-14,18H,3-7H2,1-2H3,(H,26,30);3H2,1-2H3. The maximum absolute atomic E-state index is 12.9. The number of oxazole rings is 1. The van der Waals surface area contributed by atoms with Crippen molar-refractivity contribution in [1.82, 2.24) is 19.7 Å². The lowest BCUT2D eigenvalue weighted by Gasteiger charge is -2.21. The Hall–Kier alpha value is -3.68. The summed E-state index contributed by atoms with van der Waals surface area (Å²) in [4.78, 5) is 21.4. The number of anilines is 1. The molecule has 3 aromatic heterocycles. The van der Waals surface area contributed by atoms with E-state index in [0.717, 1.165) is 35.0 Å². The molecule has 0 radical (unpaired) electrons. The molecule has 8 nitrogen and oxygen atoms in total. The van der Waals surface area contributed by atoms with Gasteiger partial charge in [-0.15, -0.1) is 0 Å². The number of rotatable bonds is 5. The van der Waals surface area contributed by atoms with Crippen molar-refractivity contribution in [1.29, 1.82) is 0 Å². The number of nitrogens with zero attached hydrogens (tertiary/aromatic N) is 4. The van der Waals surface area contributed by atoms with Gasteiger partial charge in [-0.2, -0.15) is 5.10 Å². The fourth-order valence-electron chi connectivity index (χ4n) is 4.25. The van der Waals surface area contributed by atoms with Gasteiger partial charge in [0.15, 0.2) is 5.69 Å². The van der Waals surface area contributed by atoms with E-state index in [-0.39, 0.29) is 11.6 Å². The summed E-state index contributed by atoms with van der Waals surface area (Å²) in [5.41, 5.74) is 3.22. The van der Waals surface area contributed by atoms with Crippen LogP contribution in [0.1, 0.15) is 74.6 Å². The molecule has 184 valence electrons. The van der Waals surface area contributed by atoms with Gasteiger partial charge in [0, 0.05) is 35.1 Å². The average Bonchev–Trinajstić information content (AvgIpc) is 3.52. The fourth-order valence-corrected chi connectivity index (χ4v) is 4.25. The van der Waals surface area contributed by atoms with Gasteiger partial charge in [0.2, 0.25) is 5.89 Å². The molecule has 0 spiro atoms. The number of benzene rings is 1. The molecule has 4 aromatic rings. The smallest absolute Gasteiger partial charge is 0.277 e. The zero-order valence-electron chi connectivity index (χ0n) is 20.9. The first kappa shape index (κ1) is 24.4. The largest absolute Gasteiger partial charge is 0.494 e. The van der Waals surface area contributed by atoms with E-state index in [2.05, 4.69) is 40.0 Å². The summed E-state index contributed by atoms with van der Waals surface area (Å²) < 4.78 is 13.1. The molecule has 0 atom stereocenters. The molecule has 5 rings (SSSR count). The van der Waals surface area contributed by atoms with Gasteiger partial charge < -0.3 is 14.5 Å². The predicted octanol–water partition coefficient (Wildman–Crippen LogP) is 6.58. The van der Waals surface area contributed by atoms with E-state index in [4.69, 9.17) is 14.3 Å². The second kappa shape index (κ2) is 11.2. The molecule has 1 aliphatic carbocycles. The minimum atomic E-state index is -0.372. The monoisotopic (exact) mass is 475 g/mol. The molecule has 8 heteroatoms. The second-order valence-electron chi connectivity index (χ2n) is 8.90. The average molecular weight is 476 g/mol. The van der Waals surface area contributed by atoms with Gasteiger partial charge in [-0.1, -0.05) is 39.5 Å². The maximum Gasteiger partial charge on any atom is 0.277 e. The Morgan fingerprint density at radius 1 is 1.20 bits per heavy atom. The third-order valence-electron chi connectivity index (χ3n) is 5.92. The zero-order valence-corrected chi connectivity index (χ0v) is 20.9. The van der Waals surface area contributed by atoms with E-state index < -0.39 is 0 Å². The van der Waals surface area contributed by atoms with Crippen LogP contribution in [0.3, 0.4) is 0 Å². The molecule has 1 fully saturated rings. The highest BCUT2D eigenvalue weighted by Gasteiger charge is 2.19. The summed E-state index contributed by atoms with van der Waals surface area (Å²) in [5, 5.41) is 8.62. The molecule has 1 aliphatic rings. The number of nitrogens with one attached hydrogen (secondary N) is 1. The fraction of sp³-hybridized carbons (Fsp3) is 0.407. The van der Waals surface area contributed by atoms with E-state index in [0.29, 0.717) is 23.4 Å². The number of methoxy groups -OCH3 is 1. The first-order valence-electron chi connectivity index (χ1n) is 12.3. The number of hydrogen-bond acceptors (Lipinski definition) is 6. The van der Waals surface area contributed by atoms with E-state index in [9.17, 15) is 4.79 Å². The zero-order chi connectivity index (χ0) is 24.8. The highest BCUT2D eigenvalue weighted by molar-refractivity contribution is 6.05. The first-order chi connectivity index (χ1) is 17.0. The van der Waals surface area contributed by atoms with Gasteiger partial charge in [0.05, 0.1) is 24.4 Å². The topological polar surface area (TPSA) is 95.1 Å². The van der Waals surface area contributed by atoms with E-state index in [1.165, 1.54) is 31.9 Å². The van der Waals surface area contributed by atoms with Crippen LogP contribution in [0.15, 0.2) is 47.3 Å². The Morgan fingerprint density at radius 2 is 1.97 bits per heavy atom. The van der Waals surface area contributed by atoms with Crippen LogP contribution >= 0.6 is 0 Å². The number of aromatic nitrogens is 4. The number of aryl methyl sites for hydroxylation is 1. The Labute approximate surface area is 205 Å². The molecule has 1 N–H and O–H groups in total. The summed E-state index contributed by atoms with van der Waals surface area (Å²) in [6.45, 7) is 6.14. The molecule has 3 heterocycles. The normalized spacial score (nSPS) is 13.8. The number of fused-ring (bicyclic) bond motifs is 1. The Bertz CT molecular complexity index is 1290. The van der Waals surface area contributed by atoms with Crippen LogP contribution in [0.5, 0.6) is 5.75 Å². The molecule has 35 heavy (non-hydrogen) atoms. The minimum Gasteiger partial charge on any atom is -0.494 e. The SMILES string of the molecule is CCC.COc1cc2nn(C3CCCCC3)cc2cc1NC(=O)c1coc(-c2ccnc(C)c2)n1. The quantitative estimate of drug-likeness (QED) is 0.350. The van der Waals surface area contributed by atoms with Crippen molar-refractivity contribution >= 4 is 22.5 Å². The number of amides is 1.